The van der Waals surface area contributed by atoms with E-state index in [1.165, 1.54) is 36.6 Å². The van der Waals surface area contributed by atoms with E-state index in [0.29, 0.717) is 53.0 Å². The second-order valence-corrected chi connectivity index (χ2v) is 11.1. The highest BCUT2D eigenvalue weighted by atomic mass is 35.5. The highest BCUT2D eigenvalue weighted by molar-refractivity contribution is 7.92. The molecule has 1 aliphatic rings. The SMILES string of the molecule is COc1ccc(Cl)cc1S(=O)(=O)C1CCN(c2nc(-c3cc(F)cc(Cl)c3)cs2)CC1. The van der Waals surface area contributed by atoms with Crippen LogP contribution in [-0.4, -0.2) is 38.9 Å². The molecule has 1 saturated heterocycles. The molecule has 0 spiro atoms. The highest BCUT2D eigenvalue weighted by Gasteiger charge is 2.34. The fourth-order valence-corrected chi connectivity index (χ4v) is 6.91. The van der Waals surface area contributed by atoms with Crippen LogP contribution in [-0.2, 0) is 9.84 Å². The first kappa shape index (κ1) is 22.3. The van der Waals surface area contributed by atoms with Gasteiger partial charge in [-0.1, -0.05) is 23.2 Å². The molecule has 164 valence electrons. The fraction of sp³-hybridized carbons (Fsp3) is 0.286. The minimum absolute atomic E-state index is 0.125. The Kier molecular flexibility index (Phi) is 6.44. The van der Waals surface area contributed by atoms with Gasteiger partial charge in [0.1, 0.15) is 16.5 Å². The molecule has 0 radical (unpaired) electrons. The van der Waals surface area contributed by atoms with Crippen molar-refractivity contribution in [1.82, 2.24) is 4.98 Å². The summed E-state index contributed by atoms with van der Waals surface area (Å²) < 4.78 is 45.3. The van der Waals surface area contributed by atoms with Crippen molar-refractivity contribution in [3.8, 4) is 17.0 Å². The summed E-state index contributed by atoms with van der Waals surface area (Å²) in [5.74, 6) is -0.121. The summed E-state index contributed by atoms with van der Waals surface area (Å²) in [6.45, 7) is 1.09. The first-order valence-corrected chi connectivity index (χ1v) is 12.7. The molecule has 0 atom stereocenters. The average molecular weight is 501 g/mol. The second kappa shape index (κ2) is 8.94. The third-order valence-corrected chi connectivity index (χ3v) is 8.87. The minimum Gasteiger partial charge on any atom is -0.495 e. The Morgan fingerprint density at radius 2 is 1.87 bits per heavy atom. The molecule has 0 saturated carbocycles. The number of anilines is 1. The van der Waals surface area contributed by atoms with Gasteiger partial charge in [0.05, 0.1) is 18.1 Å². The number of thiazole rings is 1. The first-order chi connectivity index (χ1) is 14.8. The smallest absolute Gasteiger partial charge is 0.185 e. The molecule has 4 rings (SSSR count). The lowest BCUT2D eigenvalue weighted by molar-refractivity contribution is 0.402. The van der Waals surface area contributed by atoms with Crippen LogP contribution in [0.5, 0.6) is 5.75 Å². The number of hydrogen-bond acceptors (Lipinski definition) is 6. The molecule has 10 heteroatoms. The van der Waals surface area contributed by atoms with Crippen molar-refractivity contribution < 1.29 is 17.5 Å². The van der Waals surface area contributed by atoms with E-state index >= 15 is 0 Å². The van der Waals surface area contributed by atoms with Crippen molar-refractivity contribution in [3.63, 3.8) is 0 Å². The number of ether oxygens (including phenoxy) is 1. The van der Waals surface area contributed by atoms with Gasteiger partial charge in [-0.05, 0) is 49.2 Å². The maximum atomic E-state index is 13.7. The van der Waals surface area contributed by atoms with Crippen molar-refractivity contribution in [2.24, 2.45) is 0 Å². The van der Waals surface area contributed by atoms with Crippen molar-refractivity contribution in [1.29, 1.82) is 0 Å². The van der Waals surface area contributed by atoms with Gasteiger partial charge >= 0.3 is 0 Å². The summed E-state index contributed by atoms with van der Waals surface area (Å²) in [6.07, 6.45) is 0.914. The summed E-state index contributed by atoms with van der Waals surface area (Å²) in [6, 6.07) is 8.92. The third-order valence-electron chi connectivity index (χ3n) is 5.23. The number of piperidine rings is 1. The van der Waals surface area contributed by atoms with Crippen LogP contribution in [0.15, 0.2) is 46.7 Å². The largest absolute Gasteiger partial charge is 0.495 e. The van der Waals surface area contributed by atoms with E-state index in [-0.39, 0.29) is 4.90 Å². The van der Waals surface area contributed by atoms with Crippen molar-refractivity contribution >= 4 is 49.5 Å². The van der Waals surface area contributed by atoms with Gasteiger partial charge < -0.3 is 9.64 Å². The van der Waals surface area contributed by atoms with Gasteiger partial charge in [-0.2, -0.15) is 0 Å². The highest BCUT2D eigenvalue weighted by Crippen LogP contribution is 2.35. The van der Waals surface area contributed by atoms with E-state index < -0.39 is 20.9 Å². The lowest BCUT2D eigenvalue weighted by atomic mass is 10.1. The standard InChI is InChI=1S/C21H19Cl2FN2O3S2/c1-29-19-3-2-14(22)11-20(19)31(27,28)17-4-6-26(7-5-17)21-25-18(12-30-21)13-8-15(23)10-16(24)9-13/h2-3,8-12,17H,4-7H2,1H3. The van der Waals surface area contributed by atoms with E-state index in [0.717, 1.165) is 5.13 Å². The monoisotopic (exact) mass is 500 g/mol. The molecule has 5 nitrogen and oxygen atoms in total. The van der Waals surface area contributed by atoms with Crippen LogP contribution in [0.2, 0.25) is 10.0 Å². The van der Waals surface area contributed by atoms with Crippen LogP contribution in [0.3, 0.4) is 0 Å². The Morgan fingerprint density at radius 3 is 2.55 bits per heavy atom. The van der Waals surface area contributed by atoms with Gasteiger partial charge in [0.2, 0.25) is 0 Å². The summed E-state index contributed by atoms with van der Waals surface area (Å²) in [4.78, 5) is 6.78. The molecule has 0 bridgehead atoms. The van der Waals surface area contributed by atoms with Crippen LogP contribution >= 0.6 is 34.5 Å². The number of halogens is 3. The van der Waals surface area contributed by atoms with Crippen LogP contribution in [0.1, 0.15) is 12.8 Å². The number of sulfone groups is 1. The molecule has 0 N–H and O–H groups in total. The summed E-state index contributed by atoms with van der Waals surface area (Å²) >= 11 is 13.4. The topological polar surface area (TPSA) is 59.5 Å². The molecule has 2 aromatic carbocycles. The van der Waals surface area contributed by atoms with Crippen LogP contribution in [0.25, 0.3) is 11.3 Å². The van der Waals surface area contributed by atoms with Gasteiger partial charge in [0.15, 0.2) is 15.0 Å². The average Bonchev–Trinajstić information content (AvgIpc) is 3.23. The molecule has 2 heterocycles. The Hall–Kier alpha value is -1.87. The zero-order valence-electron chi connectivity index (χ0n) is 16.5. The lowest BCUT2D eigenvalue weighted by Gasteiger charge is -2.31. The van der Waals surface area contributed by atoms with E-state index in [1.807, 2.05) is 5.38 Å². The van der Waals surface area contributed by atoms with E-state index in [9.17, 15) is 12.8 Å². The first-order valence-electron chi connectivity index (χ1n) is 9.52. The van der Waals surface area contributed by atoms with Crippen LogP contribution in [0.4, 0.5) is 9.52 Å². The summed E-state index contributed by atoms with van der Waals surface area (Å²) in [5, 5.41) is 2.75. The predicted octanol–water partition coefficient (Wildman–Crippen LogP) is 5.71. The van der Waals surface area contributed by atoms with Crippen molar-refractivity contribution in [3.05, 3.63) is 57.6 Å². The number of hydrogen-bond donors (Lipinski definition) is 0. The zero-order valence-corrected chi connectivity index (χ0v) is 19.7. The second-order valence-electron chi connectivity index (χ2n) is 7.20. The van der Waals surface area contributed by atoms with Gasteiger partial charge in [0.25, 0.3) is 0 Å². The molecule has 0 aliphatic carbocycles. The Labute approximate surface area is 194 Å². The fourth-order valence-electron chi connectivity index (χ4n) is 3.65. The molecular formula is C21H19Cl2FN2O3S2. The quantitative estimate of drug-likeness (QED) is 0.449. The molecular weight excluding hydrogens is 482 g/mol. The van der Waals surface area contributed by atoms with Gasteiger partial charge in [-0.3, -0.25) is 0 Å². The Bertz CT molecular complexity index is 1190. The lowest BCUT2D eigenvalue weighted by Crippen LogP contribution is -2.39. The van der Waals surface area contributed by atoms with E-state index in [4.69, 9.17) is 27.9 Å². The van der Waals surface area contributed by atoms with Crippen molar-refractivity contribution in [2.45, 2.75) is 23.0 Å². The third kappa shape index (κ3) is 4.67. The van der Waals surface area contributed by atoms with Gasteiger partial charge in [-0.15, -0.1) is 11.3 Å². The van der Waals surface area contributed by atoms with Crippen LogP contribution < -0.4 is 9.64 Å². The minimum atomic E-state index is -3.59. The predicted molar refractivity (Wildman–Crippen MR) is 123 cm³/mol. The zero-order chi connectivity index (χ0) is 22.2. The molecule has 1 aromatic heterocycles. The molecule has 3 aromatic rings. The Balaban J connectivity index is 1.49. The number of methoxy groups -OCH3 is 1. The Morgan fingerprint density at radius 1 is 1.13 bits per heavy atom. The number of nitrogens with zero attached hydrogens (tertiary/aromatic N) is 2. The summed E-state index contributed by atoms with van der Waals surface area (Å²) in [5.41, 5.74) is 1.25. The molecule has 0 unspecified atom stereocenters. The molecule has 0 amide bonds. The number of benzene rings is 2. The summed E-state index contributed by atoms with van der Waals surface area (Å²) in [7, 11) is -2.15. The van der Waals surface area contributed by atoms with Gasteiger partial charge in [-0.25, -0.2) is 17.8 Å². The normalized spacial score (nSPS) is 15.3. The van der Waals surface area contributed by atoms with Crippen molar-refractivity contribution in [2.75, 3.05) is 25.1 Å². The van der Waals surface area contributed by atoms with Crippen LogP contribution in [0, 0.1) is 5.82 Å². The molecule has 31 heavy (non-hydrogen) atoms. The maximum Gasteiger partial charge on any atom is 0.185 e. The number of rotatable bonds is 5. The molecule has 1 fully saturated rings. The molecule has 1 aliphatic heterocycles. The number of aromatic nitrogens is 1. The van der Waals surface area contributed by atoms with Gasteiger partial charge in [0, 0.05) is 34.1 Å². The van der Waals surface area contributed by atoms with E-state index in [2.05, 4.69) is 9.88 Å². The maximum absolute atomic E-state index is 13.7. The van der Waals surface area contributed by atoms with E-state index in [1.54, 1.807) is 18.2 Å².